The van der Waals surface area contributed by atoms with Crippen molar-refractivity contribution in [1.29, 1.82) is 0 Å². The normalized spacial score (nSPS) is 11.1. The van der Waals surface area contributed by atoms with Gasteiger partial charge in [-0.3, -0.25) is 14.3 Å². The van der Waals surface area contributed by atoms with Crippen molar-refractivity contribution >= 4 is 21.6 Å². The number of thiophene rings is 1. The maximum absolute atomic E-state index is 12.0. The standard InChI is InChI=1S/C14H9N5O3S/c20-13-11-8(4-6-23-11)16-10(17-13)7-19-12(18-22-14(19)21)9-3-1-2-5-15-9/h1-6H,7H2,(H,16,17,20). The summed E-state index contributed by atoms with van der Waals surface area (Å²) in [5, 5.41) is 5.55. The quantitative estimate of drug-likeness (QED) is 0.607. The van der Waals surface area contributed by atoms with Gasteiger partial charge in [-0.15, -0.1) is 11.3 Å². The maximum atomic E-state index is 12.0. The van der Waals surface area contributed by atoms with Gasteiger partial charge in [-0.25, -0.2) is 14.3 Å². The Balaban J connectivity index is 1.81. The Hall–Kier alpha value is -3.07. The molecule has 4 heterocycles. The van der Waals surface area contributed by atoms with Crippen LogP contribution >= 0.6 is 11.3 Å². The molecule has 0 amide bonds. The number of fused-ring (bicyclic) bond motifs is 1. The van der Waals surface area contributed by atoms with Crippen molar-refractivity contribution in [2.45, 2.75) is 6.54 Å². The molecule has 0 fully saturated rings. The molecule has 8 nitrogen and oxygen atoms in total. The van der Waals surface area contributed by atoms with E-state index < -0.39 is 5.76 Å². The minimum absolute atomic E-state index is 0.0370. The largest absolute Gasteiger partial charge is 0.442 e. The molecule has 0 unspecified atom stereocenters. The molecule has 23 heavy (non-hydrogen) atoms. The van der Waals surface area contributed by atoms with Crippen molar-refractivity contribution in [3.8, 4) is 11.5 Å². The number of aromatic amines is 1. The molecule has 114 valence electrons. The summed E-state index contributed by atoms with van der Waals surface area (Å²) >= 11 is 1.32. The number of hydrogen-bond acceptors (Lipinski definition) is 7. The van der Waals surface area contributed by atoms with E-state index in [9.17, 15) is 9.59 Å². The first-order valence-corrected chi connectivity index (χ1v) is 7.54. The monoisotopic (exact) mass is 327 g/mol. The highest BCUT2D eigenvalue weighted by atomic mass is 32.1. The van der Waals surface area contributed by atoms with Crippen molar-refractivity contribution < 1.29 is 4.52 Å². The van der Waals surface area contributed by atoms with Gasteiger partial charge in [-0.2, -0.15) is 0 Å². The van der Waals surface area contributed by atoms with E-state index in [1.807, 2.05) is 0 Å². The average molecular weight is 327 g/mol. The minimum atomic E-state index is -0.640. The zero-order chi connectivity index (χ0) is 15.8. The van der Waals surface area contributed by atoms with E-state index in [4.69, 9.17) is 4.52 Å². The first-order valence-electron chi connectivity index (χ1n) is 6.67. The third-order valence-electron chi connectivity index (χ3n) is 3.25. The van der Waals surface area contributed by atoms with Crippen LogP contribution in [0, 0.1) is 0 Å². The Morgan fingerprint density at radius 3 is 3.00 bits per heavy atom. The molecule has 4 rings (SSSR count). The second kappa shape index (κ2) is 5.29. The van der Waals surface area contributed by atoms with E-state index in [1.54, 1.807) is 35.8 Å². The van der Waals surface area contributed by atoms with Crippen LogP contribution < -0.4 is 11.3 Å². The van der Waals surface area contributed by atoms with Gasteiger partial charge in [-0.05, 0) is 23.6 Å². The zero-order valence-electron chi connectivity index (χ0n) is 11.6. The molecule has 0 aromatic carbocycles. The van der Waals surface area contributed by atoms with Crippen LogP contribution in [0.5, 0.6) is 0 Å². The van der Waals surface area contributed by atoms with E-state index in [2.05, 4.69) is 20.1 Å². The Morgan fingerprint density at radius 2 is 2.17 bits per heavy atom. The third kappa shape index (κ3) is 2.36. The highest BCUT2D eigenvalue weighted by Crippen LogP contribution is 2.15. The summed E-state index contributed by atoms with van der Waals surface area (Å²) in [5.74, 6) is -0.00855. The van der Waals surface area contributed by atoms with Gasteiger partial charge in [0, 0.05) is 6.20 Å². The van der Waals surface area contributed by atoms with Crippen LogP contribution in [0.4, 0.5) is 0 Å². The Bertz CT molecular complexity index is 1090. The van der Waals surface area contributed by atoms with Crippen molar-refractivity contribution in [1.82, 2.24) is 24.7 Å². The molecule has 0 bridgehead atoms. The lowest BCUT2D eigenvalue weighted by Crippen LogP contribution is -2.20. The first kappa shape index (κ1) is 13.6. The Morgan fingerprint density at radius 1 is 1.26 bits per heavy atom. The number of rotatable bonds is 3. The Labute approximate surface area is 132 Å². The predicted molar refractivity (Wildman–Crippen MR) is 83.3 cm³/mol. The topological polar surface area (TPSA) is 107 Å². The van der Waals surface area contributed by atoms with Gasteiger partial charge in [0.2, 0.25) is 5.82 Å². The molecule has 0 saturated carbocycles. The number of hydrogen-bond donors (Lipinski definition) is 1. The summed E-state index contributed by atoms with van der Waals surface area (Å²) in [7, 11) is 0. The SMILES string of the molecule is O=c1[nH]c(Cn2c(-c3ccccn3)noc2=O)nc2ccsc12. The highest BCUT2D eigenvalue weighted by Gasteiger charge is 2.15. The first-order chi connectivity index (χ1) is 11.2. The molecule has 4 aromatic heterocycles. The summed E-state index contributed by atoms with van der Waals surface area (Å²) in [6.07, 6.45) is 1.59. The summed E-state index contributed by atoms with van der Waals surface area (Å²) in [5.41, 5.74) is 0.860. The van der Waals surface area contributed by atoms with Crippen LogP contribution in [0.1, 0.15) is 5.82 Å². The fraction of sp³-hybridized carbons (Fsp3) is 0.0714. The molecule has 4 aromatic rings. The minimum Gasteiger partial charge on any atom is -0.308 e. The number of nitrogens with zero attached hydrogens (tertiary/aromatic N) is 4. The van der Waals surface area contributed by atoms with Crippen LogP contribution in [0.15, 0.2) is 50.0 Å². The number of H-pyrrole nitrogens is 1. The van der Waals surface area contributed by atoms with E-state index in [0.717, 1.165) is 0 Å². The van der Waals surface area contributed by atoms with Gasteiger partial charge < -0.3 is 4.98 Å². The zero-order valence-corrected chi connectivity index (χ0v) is 12.4. The lowest BCUT2D eigenvalue weighted by Gasteiger charge is -2.03. The summed E-state index contributed by atoms with van der Waals surface area (Å²) in [6.45, 7) is 0.0370. The molecule has 9 heteroatoms. The molecule has 1 N–H and O–H groups in total. The van der Waals surface area contributed by atoms with Crippen LogP contribution in [-0.2, 0) is 6.54 Å². The van der Waals surface area contributed by atoms with Gasteiger partial charge in [0.25, 0.3) is 5.56 Å². The van der Waals surface area contributed by atoms with Gasteiger partial charge in [0.15, 0.2) is 0 Å². The van der Waals surface area contributed by atoms with Crippen LogP contribution in [0.25, 0.3) is 21.7 Å². The summed E-state index contributed by atoms with van der Waals surface area (Å²) in [6, 6.07) is 7.01. The lowest BCUT2D eigenvalue weighted by molar-refractivity contribution is 0.377. The molecular formula is C14H9N5O3S. The molecule has 0 aliphatic carbocycles. The lowest BCUT2D eigenvalue weighted by atomic mass is 10.3. The molecule has 0 radical (unpaired) electrons. The molecule has 0 aliphatic heterocycles. The smallest absolute Gasteiger partial charge is 0.308 e. The molecule has 0 saturated heterocycles. The van der Waals surface area contributed by atoms with Crippen LogP contribution in [-0.4, -0.2) is 24.7 Å². The van der Waals surface area contributed by atoms with Crippen molar-refractivity contribution in [3.63, 3.8) is 0 Å². The van der Waals surface area contributed by atoms with E-state index in [1.165, 1.54) is 15.9 Å². The fourth-order valence-corrected chi connectivity index (χ4v) is 2.96. The predicted octanol–water partition coefficient (Wildman–Crippen LogP) is 1.24. The van der Waals surface area contributed by atoms with Gasteiger partial charge in [-0.1, -0.05) is 11.2 Å². The second-order valence-corrected chi connectivity index (χ2v) is 5.64. The van der Waals surface area contributed by atoms with Gasteiger partial charge in [0.05, 0.1) is 12.1 Å². The van der Waals surface area contributed by atoms with E-state index in [-0.39, 0.29) is 17.9 Å². The number of pyridine rings is 1. The highest BCUT2D eigenvalue weighted by molar-refractivity contribution is 7.17. The van der Waals surface area contributed by atoms with Gasteiger partial charge >= 0.3 is 5.76 Å². The molecule has 0 atom stereocenters. The second-order valence-electron chi connectivity index (χ2n) is 4.72. The molecule has 0 spiro atoms. The average Bonchev–Trinajstić information content (AvgIpc) is 3.16. The fourth-order valence-electron chi connectivity index (χ4n) is 2.23. The number of nitrogens with one attached hydrogen (secondary N) is 1. The number of aromatic nitrogens is 5. The maximum Gasteiger partial charge on any atom is 0.442 e. The van der Waals surface area contributed by atoms with E-state index >= 15 is 0 Å². The Kier molecular flexibility index (Phi) is 3.12. The molecule has 0 aliphatic rings. The van der Waals surface area contributed by atoms with Crippen molar-refractivity contribution in [2.24, 2.45) is 0 Å². The van der Waals surface area contributed by atoms with Crippen molar-refractivity contribution in [2.75, 3.05) is 0 Å². The van der Waals surface area contributed by atoms with Gasteiger partial charge in [0.1, 0.15) is 16.2 Å². The van der Waals surface area contributed by atoms with E-state index in [0.29, 0.717) is 21.7 Å². The third-order valence-corrected chi connectivity index (χ3v) is 4.15. The van der Waals surface area contributed by atoms with Crippen molar-refractivity contribution in [3.05, 3.63) is 62.6 Å². The summed E-state index contributed by atoms with van der Waals surface area (Å²) < 4.78 is 6.55. The van der Waals surface area contributed by atoms with Crippen LogP contribution in [0.2, 0.25) is 0 Å². The van der Waals surface area contributed by atoms with Crippen LogP contribution in [0.3, 0.4) is 0 Å². The summed E-state index contributed by atoms with van der Waals surface area (Å²) in [4.78, 5) is 35.1. The molecular weight excluding hydrogens is 318 g/mol.